The van der Waals surface area contributed by atoms with E-state index in [1.165, 1.54) is 24.3 Å². The van der Waals surface area contributed by atoms with Crippen LogP contribution >= 0.6 is 0 Å². The second-order valence-electron chi connectivity index (χ2n) is 6.92. The zero-order valence-electron chi connectivity index (χ0n) is 16.9. The summed E-state index contributed by atoms with van der Waals surface area (Å²) in [5, 5.41) is 25.4. The maximum Gasteiger partial charge on any atom is 0.337 e. The number of nitrogens with one attached hydrogen (secondary N) is 2. The minimum Gasteiger partial charge on any atom is -0.478 e. The number of benzene rings is 3. The molecule has 0 saturated heterocycles. The molecule has 3 aromatic rings. The summed E-state index contributed by atoms with van der Waals surface area (Å²) in [7, 11) is 0. The predicted octanol–water partition coefficient (Wildman–Crippen LogP) is 3.30. The van der Waals surface area contributed by atoms with Gasteiger partial charge in [-0.2, -0.15) is 0 Å². The van der Waals surface area contributed by atoms with E-state index in [2.05, 4.69) is 10.6 Å². The summed E-state index contributed by atoms with van der Waals surface area (Å²) in [4.78, 5) is 36.2. The first kappa shape index (κ1) is 21.7. The molecule has 0 aliphatic heterocycles. The molecule has 0 saturated carbocycles. The topological polar surface area (TPSA) is 116 Å². The second-order valence-corrected chi connectivity index (χ2v) is 6.92. The van der Waals surface area contributed by atoms with Crippen molar-refractivity contribution in [1.29, 1.82) is 0 Å². The van der Waals surface area contributed by atoms with Crippen molar-refractivity contribution in [3.63, 3.8) is 0 Å². The van der Waals surface area contributed by atoms with Gasteiger partial charge in [-0.3, -0.25) is 9.59 Å². The van der Waals surface area contributed by atoms with Crippen LogP contribution in [0.3, 0.4) is 0 Å². The number of aliphatic hydroxyl groups excluding tert-OH is 1. The van der Waals surface area contributed by atoms with Crippen LogP contribution in [0.25, 0.3) is 16.3 Å². The summed E-state index contributed by atoms with van der Waals surface area (Å²) in [5.74, 6) is -2.22. The maximum absolute atomic E-state index is 12.6. The lowest BCUT2D eigenvalue weighted by Crippen LogP contribution is -2.26. The highest BCUT2D eigenvalue weighted by molar-refractivity contribution is 6.08. The van der Waals surface area contributed by atoms with Gasteiger partial charge in [0.2, 0.25) is 5.91 Å². The van der Waals surface area contributed by atoms with Gasteiger partial charge in [-0.15, -0.1) is 0 Å². The van der Waals surface area contributed by atoms with Gasteiger partial charge in [-0.1, -0.05) is 36.4 Å². The minimum absolute atomic E-state index is 0.0108. The number of rotatable bonds is 7. The molecule has 0 unspecified atom stereocenters. The van der Waals surface area contributed by atoms with Crippen LogP contribution in [0.1, 0.15) is 33.2 Å². The van der Waals surface area contributed by atoms with E-state index in [4.69, 9.17) is 5.11 Å². The Morgan fingerprint density at radius 3 is 2.35 bits per heavy atom. The van der Waals surface area contributed by atoms with Crippen LogP contribution in [0.5, 0.6) is 0 Å². The van der Waals surface area contributed by atoms with Crippen molar-refractivity contribution in [3.8, 4) is 0 Å². The van der Waals surface area contributed by atoms with E-state index in [0.29, 0.717) is 5.57 Å². The number of aromatic carboxylic acids is 1. The van der Waals surface area contributed by atoms with Crippen molar-refractivity contribution in [2.75, 3.05) is 18.5 Å². The van der Waals surface area contributed by atoms with Gasteiger partial charge in [-0.25, -0.2) is 4.79 Å². The van der Waals surface area contributed by atoms with Crippen molar-refractivity contribution < 1.29 is 24.6 Å². The van der Waals surface area contributed by atoms with Gasteiger partial charge in [0.15, 0.2) is 0 Å². The highest BCUT2D eigenvalue weighted by Gasteiger charge is 2.15. The van der Waals surface area contributed by atoms with E-state index in [-0.39, 0.29) is 30.0 Å². The van der Waals surface area contributed by atoms with Crippen LogP contribution in [-0.2, 0) is 4.79 Å². The molecule has 0 fully saturated rings. The molecule has 0 radical (unpaired) electrons. The van der Waals surface area contributed by atoms with Crippen LogP contribution in [-0.4, -0.2) is 41.1 Å². The molecule has 0 aliphatic carbocycles. The molecule has 31 heavy (non-hydrogen) atoms. The zero-order valence-corrected chi connectivity index (χ0v) is 16.9. The Bertz CT molecular complexity index is 1180. The van der Waals surface area contributed by atoms with Crippen molar-refractivity contribution >= 4 is 39.8 Å². The van der Waals surface area contributed by atoms with Crippen molar-refractivity contribution in [3.05, 3.63) is 83.4 Å². The Kier molecular flexibility index (Phi) is 6.79. The molecule has 7 nitrogen and oxygen atoms in total. The van der Waals surface area contributed by atoms with Crippen molar-refractivity contribution in [2.24, 2.45) is 0 Å². The van der Waals surface area contributed by atoms with Gasteiger partial charge < -0.3 is 20.8 Å². The number of allylic oxidation sites excluding steroid dienone is 1. The molecule has 2 amide bonds. The average Bonchev–Trinajstić information content (AvgIpc) is 2.76. The van der Waals surface area contributed by atoms with Crippen molar-refractivity contribution in [2.45, 2.75) is 6.92 Å². The summed E-state index contributed by atoms with van der Waals surface area (Å²) in [6, 6.07) is 17.6. The maximum atomic E-state index is 12.6. The number of carbonyl (C=O) groups excluding carboxylic acids is 2. The summed E-state index contributed by atoms with van der Waals surface area (Å²) in [6.07, 6.45) is 1.38. The van der Waals surface area contributed by atoms with E-state index in [1.807, 2.05) is 42.5 Å². The molecule has 0 atom stereocenters. The minimum atomic E-state index is -1.23. The van der Waals surface area contributed by atoms with Gasteiger partial charge >= 0.3 is 5.97 Å². The lowest BCUT2D eigenvalue weighted by atomic mass is 10.0. The SMILES string of the molecule is CC(=CC(=O)Nc1cc(C(=O)NCCO)ccc1C(=O)O)c1ccc2ccccc2c1. The standard InChI is InChI=1S/C24H22N2O5/c1-15(17-7-6-16-4-2-3-5-18(16)13-17)12-22(28)26-21-14-19(23(29)25-10-11-27)8-9-20(21)24(30)31/h2-9,12-14,27H,10-11H2,1H3,(H,25,29)(H,26,28)(H,30,31). The number of carboxylic acid groups (broad SMARTS) is 1. The molecule has 3 aromatic carbocycles. The Morgan fingerprint density at radius 2 is 1.65 bits per heavy atom. The Hall–Kier alpha value is -3.97. The monoisotopic (exact) mass is 418 g/mol. The lowest BCUT2D eigenvalue weighted by Gasteiger charge is -2.10. The van der Waals surface area contributed by atoms with Crippen molar-refractivity contribution in [1.82, 2.24) is 5.32 Å². The quantitative estimate of drug-likeness (QED) is 0.440. The van der Waals surface area contributed by atoms with E-state index in [1.54, 1.807) is 6.92 Å². The van der Waals surface area contributed by atoms with E-state index >= 15 is 0 Å². The van der Waals surface area contributed by atoms with Crippen LogP contribution in [0.2, 0.25) is 0 Å². The number of anilines is 1. The van der Waals surface area contributed by atoms with Gasteiger partial charge in [0.1, 0.15) is 0 Å². The number of hydrogen-bond donors (Lipinski definition) is 4. The number of aliphatic hydroxyl groups is 1. The molecule has 0 bridgehead atoms. The zero-order chi connectivity index (χ0) is 22.4. The van der Waals surface area contributed by atoms with E-state index < -0.39 is 17.8 Å². The molecule has 4 N–H and O–H groups in total. The highest BCUT2D eigenvalue weighted by Crippen LogP contribution is 2.22. The molecule has 0 spiro atoms. The van der Waals surface area contributed by atoms with Crippen LogP contribution in [0.15, 0.2) is 66.7 Å². The number of fused-ring (bicyclic) bond motifs is 1. The normalized spacial score (nSPS) is 11.2. The largest absolute Gasteiger partial charge is 0.478 e. The average molecular weight is 418 g/mol. The number of amides is 2. The summed E-state index contributed by atoms with van der Waals surface area (Å²) >= 11 is 0. The molecule has 0 heterocycles. The third kappa shape index (κ3) is 5.34. The molecular weight excluding hydrogens is 396 g/mol. The fourth-order valence-electron chi connectivity index (χ4n) is 3.13. The van der Waals surface area contributed by atoms with Gasteiger partial charge in [-0.05, 0) is 53.1 Å². The molecule has 3 rings (SSSR count). The molecule has 158 valence electrons. The lowest BCUT2D eigenvalue weighted by molar-refractivity contribution is -0.111. The summed E-state index contributed by atoms with van der Waals surface area (Å²) in [5.41, 5.74) is 1.62. The van der Waals surface area contributed by atoms with Gasteiger partial charge in [0, 0.05) is 18.2 Å². The molecule has 7 heteroatoms. The van der Waals surface area contributed by atoms with Crippen LogP contribution < -0.4 is 10.6 Å². The third-order valence-electron chi connectivity index (χ3n) is 4.72. The number of hydrogen-bond acceptors (Lipinski definition) is 4. The fourth-order valence-corrected chi connectivity index (χ4v) is 3.13. The first-order valence-corrected chi connectivity index (χ1v) is 9.64. The second kappa shape index (κ2) is 9.69. The molecular formula is C24H22N2O5. The fraction of sp³-hybridized carbons (Fsp3) is 0.125. The van der Waals surface area contributed by atoms with Gasteiger partial charge in [0.05, 0.1) is 17.9 Å². The number of carboxylic acids is 1. The predicted molar refractivity (Wildman–Crippen MR) is 119 cm³/mol. The Morgan fingerprint density at radius 1 is 0.935 bits per heavy atom. The van der Waals surface area contributed by atoms with Crippen LogP contribution in [0.4, 0.5) is 5.69 Å². The third-order valence-corrected chi connectivity index (χ3v) is 4.72. The first-order chi connectivity index (χ1) is 14.9. The van der Waals surface area contributed by atoms with E-state index in [0.717, 1.165) is 16.3 Å². The van der Waals surface area contributed by atoms with E-state index in [9.17, 15) is 19.5 Å². The first-order valence-electron chi connectivity index (χ1n) is 9.64. The van der Waals surface area contributed by atoms with Crippen LogP contribution in [0, 0.1) is 0 Å². The Balaban J connectivity index is 1.84. The number of carbonyl (C=O) groups is 3. The smallest absolute Gasteiger partial charge is 0.337 e. The molecule has 0 aromatic heterocycles. The Labute approximate surface area is 179 Å². The molecule has 0 aliphatic rings. The highest BCUT2D eigenvalue weighted by atomic mass is 16.4. The summed E-state index contributed by atoms with van der Waals surface area (Å²) < 4.78 is 0. The summed E-state index contributed by atoms with van der Waals surface area (Å²) in [6.45, 7) is 1.64. The van der Waals surface area contributed by atoms with Gasteiger partial charge in [0.25, 0.3) is 5.91 Å².